The van der Waals surface area contributed by atoms with Crippen LogP contribution in [0.3, 0.4) is 0 Å². The number of carbonyl (C=O) groups is 2. The van der Waals surface area contributed by atoms with E-state index in [0.29, 0.717) is 12.3 Å². The van der Waals surface area contributed by atoms with Crippen molar-refractivity contribution in [3.63, 3.8) is 0 Å². The summed E-state index contributed by atoms with van der Waals surface area (Å²) < 4.78 is 0. The van der Waals surface area contributed by atoms with Gasteiger partial charge in [0.05, 0.1) is 6.42 Å². The summed E-state index contributed by atoms with van der Waals surface area (Å²) in [5, 5.41) is 8.88. The third-order valence-corrected chi connectivity index (χ3v) is 5.08. The standard InChI is InChI=1S/C16H27NO3/c1-16(2,9-15(19)20)8-14(18)17(3)10-13-7-11-4-5-12(13)6-11/h11-13H,4-10H2,1-3H3,(H,19,20). The molecule has 0 aromatic heterocycles. The second-order valence-electron chi connectivity index (χ2n) is 7.62. The molecule has 2 bridgehead atoms. The molecular weight excluding hydrogens is 254 g/mol. The van der Waals surface area contributed by atoms with Crippen molar-refractivity contribution in [3.05, 3.63) is 0 Å². The zero-order chi connectivity index (χ0) is 14.9. The Morgan fingerprint density at radius 3 is 2.40 bits per heavy atom. The first-order chi connectivity index (χ1) is 9.27. The molecule has 2 aliphatic rings. The molecule has 2 rings (SSSR count). The normalized spacial score (nSPS) is 28.6. The first-order valence-electron chi connectivity index (χ1n) is 7.72. The van der Waals surface area contributed by atoms with Gasteiger partial charge in [0, 0.05) is 20.0 Å². The predicted molar refractivity (Wildman–Crippen MR) is 77.2 cm³/mol. The number of hydrogen-bond acceptors (Lipinski definition) is 2. The number of carboxylic acids is 1. The van der Waals surface area contributed by atoms with Gasteiger partial charge in [-0.1, -0.05) is 20.3 Å². The van der Waals surface area contributed by atoms with Crippen molar-refractivity contribution in [1.29, 1.82) is 0 Å². The van der Waals surface area contributed by atoms with Gasteiger partial charge in [-0.15, -0.1) is 0 Å². The van der Waals surface area contributed by atoms with E-state index in [2.05, 4.69) is 0 Å². The van der Waals surface area contributed by atoms with E-state index in [-0.39, 0.29) is 12.3 Å². The summed E-state index contributed by atoms with van der Waals surface area (Å²) in [7, 11) is 1.87. The highest BCUT2D eigenvalue weighted by atomic mass is 16.4. The van der Waals surface area contributed by atoms with Crippen LogP contribution in [-0.4, -0.2) is 35.5 Å². The quantitative estimate of drug-likeness (QED) is 0.814. The summed E-state index contributed by atoms with van der Waals surface area (Å²) in [4.78, 5) is 24.9. The van der Waals surface area contributed by atoms with E-state index in [9.17, 15) is 9.59 Å². The lowest BCUT2D eigenvalue weighted by molar-refractivity contribution is -0.140. The van der Waals surface area contributed by atoms with Crippen LogP contribution in [0.2, 0.25) is 0 Å². The van der Waals surface area contributed by atoms with Crippen LogP contribution in [0.1, 0.15) is 52.4 Å². The molecule has 0 spiro atoms. The minimum atomic E-state index is -0.835. The first kappa shape index (κ1) is 15.3. The Morgan fingerprint density at radius 1 is 1.20 bits per heavy atom. The van der Waals surface area contributed by atoms with Gasteiger partial charge >= 0.3 is 5.97 Å². The molecule has 0 saturated heterocycles. The summed E-state index contributed by atoms with van der Waals surface area (Å²) in [5.41, 5.74) is -0.466. The monoisotopic (exact) mass is 281 g/mol. The zero-order valence-electron chi connectivity index (χ0n) is 12.9. The van der Waals surface area contributed by atoms with Crippen molar-refractivity contribution in [2.75, 3.05) is 13.6 Å². The van der Waals surface area contributed by atoms with Gasteiger partial charge in [-0.2, -0.15) is 0 Å². The van der Waals surface area contributed by atoms with Crippen LogP contribution >= 0.6 is 0 Å². The highest BCUT2D eigenvalue weighted by Crippen LogP contribution is 2.48. The Balaban J connectivity index is 1.81. The lowest BCUT2D eigenvalue weighted by Crippen LogP contribution is -2.36. The molecule has 4 nitrogen and oxygen atoms in total. The van der Waals surface area contributed by atoms with E-state index >= 15 is 0 Å². The highest BCUT2D eigenvalue weighted by Gasteiger charge is 2.40. The SMILES string of the molecule is CN(CC1CC2CCC1C2)C(=O)CC(C)(C)CC(=O)O. The molecule has 0 aromatic carbocycles. The fourth-order valence-corrected chi connectivity index (χ4v) is 4.07. The molecule has 3 atom stereocenters. The van der Waals surface area contributed by atoms with Gasteiger partial charge < -0.3 is 10.0 Å². The predicted octanol–water partition coefficient (Wildman–Crippen LogP) is 2.77. The van der Waals surface area contributed by atoms with Crippen molar-refractivity contribution in [2.45, 2.75) is 52.4 Å². The van der Waals surface area contributed by atoms with Crippen LogP contribution in [-0.2, 0) is 9.59 Å². The summed E-state index contributed by atoms with van der Waals surface area (Å²) in [6, 6.07) is 0. The minimum absolute atomic E-state index is 0.0424. The summed E-state index contributed by atoms with van der Waals surface area (Å²) in [5.74, 6) is 1.64. The fraction of sp³-hybridized carbons (Fsp3) is 0.875. The Morgan fingerprint density at radius 2 is 1.90 bits per heavy atom. The second-order valence-corrected chi connectivity index (χ2v) is 7.62. The van der Waals surface area contributed by atoms with Crippen LogP contribution in [0, 0.1) is 23.2 Å². The van der Waals surface area contributed by atoms with Gasteiger partial charge in [0.25, 0.3) is 0 Å². The molecular formula is C16H27NO3. The smallest absolute Gasteiger partial charge is 0.303 e. The van der Waals surface area contributed by atoms with Gasteiger partial charge in [0.2, 0.25) is 5.91 Å². The molecule has 1 amide bonds. The molecule has 20 heavy (non-hydrogen) atoms. The van der Waals surface area contributed by atoms with Gasteiger partial charge in [0.1, 0.15) is 0 Å². The minimum Gasteiger partial charge on any atom is -0.481 e. The molecule has 3 unspecified atom stereocenters. The van der Waals surface area contributed by atoms with Gasteiger partial charge in [-0.25, -0.2) is 0 Å². The maximum Gasteiger partial charge on any atom is 0.303 e. The molecule has 2 fully saturated rings. The molecule has 1 N–H and O–H groups in total. The third kappa shape index (κ3) is 3.74. The maximum absolute atomic E-state index is 12.3. The lowest BCUT2D eigenvalue weighted by atomic mass is 9.84. The third-order valence-electron chi connectivity index (χ3n) is 5.08. The number of nitrogens with zero attached hydrogens (tertiary/aromatic N) is 1. The van der Waals surface area contributed by atoms with Crippen molar-refractivity contribution in [1.82, 2.24) is 4.90 Å². The fourth-order valence-electron chi connectivity index (χ4n) is 4.07. The van der Waals surface area contributed by atoms with E-state index < -0.39 is 11.4 Å². The molecule has 2 saturated carbocycles. The number of amides is 1. The van der Waals surface area contributed by atoms with E-state index in [0.717, 1.165) is 18.4 Å². The second kappa shape index (κ2) is 5.74. The molecule has 4 heteroatoms. The van der Waals surface area contributed by atoms with Gasteiger partial charge in [-0.05, 0) is 42.4 Å². The van der Waals surface area contributed by atoms with Crippen LogP contribution in [0.5, 0.6) is 0 Å². The molecule has 0 radical (unpaired) electrons. The topological polar surface area (TPSA) is 57.6 Å². The summed E-state index contributed by atoms with van der Waals surface area (Å²) in [6.45, 7) is 4.55. The Labute approximate surface area is 121 Å². The van der Waals surface area contributed by atoms with Crippen LogP contribution in [0.15, 0.2) is 0 Å². The van der Waals surface area contributed by atoms with Crippen LogP contribution < -0.4 is 0 Å². The maximum atomic E-state index is 12.3. The van der Waals surface area contributed by atoms with Crippen molar-refractivity contribution in [3.8, 4) is 0 Å². The van der Waals surface area contributed by atoms with Gasteiger partial charge in [-0.3, -0.25) is 9.59 Å². The average Bonchev–Trinajstić information content (AvgIpc) is 2.87. The highest BCUT2D eigenvalue weighted by molar-refractivity contribution is 5.77. The summed E-state index contributed by atoms with van der Waals surface area (Å²) >= 11 is 0. The van der Waals surface area contributed by atoms with E-state index in [1.807, 2.05) is 25.8 Å². The number of rotatable bonds is 6. The molecule has 0 aromatic rings. The largest absolute Gasteiger partial charge is 0.481 e. The van der Waals surface area contributed by atoms with E-state index in [4.69, 9.17) is 5.11 Å². The zero-order valence-corrected chi connectivity index (χ0v) is 12.9. The number of fused-ring (bicyclic) bond motifs is 2. The first-order valence-corrected chi connectivity index (χ1v) is 7.72. The number of carbonyl (C=O) groups excluding carboxylic acids is 1. The van der Waals surface area contributed by atoms with Crippen LogP contribution in [0.25, 0.3) is 0 Å². The molecule has 2 aliphatic carbocycles. The Hall–Kier alpha value is -1.06. The number of hydrogen-bond donors (Lipinski definition) is 1. The number of carboxylic acid groups (broad SMARTS) is 1. The van der Waals surface area contributed by atoms with Crippen molar-refractivity contribution in [2.24, 2.45) is 23.2 Å². The average molecular weight is 281 g/mol. The Kier molecular flexibility index (Phi) is 4.40. The van der Waals surface area contributed by atoms with E-state index in [1.54, 1.807) is 0 Å². The van der Waals surface area contributed by atoms with Gasteiger partial charge in [0.15, 0.2) is 0 Å². The summed E-state index contributed by atoms with van der Waals surface area (Å²) in [6.07, 6.45) is 5.71. The molecule has 114 valence electrons. The molecule has 0 aliphatic heterocycles. The Bertz CT molecular complexity index is 391. The van der Waals surface area contributed by atoms with Crippen LogP contribution in [0.4, 0.5) is 0 Å². The van der Waals surface area contributed by atoms with Crippen molar-refractivity contribution >= 4 is 11.9 Å². The lowest BCUT2D eigenvalue weighted by Gasteiger charge is -2.30. The van der Waals surface area contributed by atoms with E-state index in [1.165, 1.54) is 25.7 Å². The number of aliphatic carboxylic acids is 1. The van der Waals surface area contributed by atoms with Crippen molar-refractivity contribution < 1.29 is 14.7 Å². The molecule has 0 heterocycles.